The number of rotatable bonds is 2. The Kier molecular flexibility index (Phi) is 4.32. The molecule has 1 aliphatic heterocycles. The average molecular weight is 387 g/mol. The first-order valence-corrected chi connectivity index (χ1v) is 9.70. The highest BCUT2D eigenvalue weighted by Crippen LogP contribution is 2.29. The van der Waals surface area contributed by atoms with Gasteiger partial charge in [-0.25, -0.2) is 9.67 Å². The molecule has 1 aromatic carbocycles. The topological polar surface area (TPSA) is 51.0 Å². The number of halogens is 1. The summed E-state index contributed by atoms with van der Waals surface area (Å²) < 4.78 is 1.72. The van der Waals surface area contributed by atoms with E-state index in [1.54, 1.807) is 4.68 Å². The van der Waals surface area contributed by atoms with E-state index < -0.39 is 0 Å². The van der Waals surface area contributed by atoms with Crippen molar-refractivity contribution in [2.75, 3.05) is 6.54 Å². The lowest BCUT2D eigenvalue weighted by Gasteiger charge is -2.28. The van der Waals surface area contributed by atoms with Crippen molar-refractivity contribution in [3.63, 3.8) is 0 Å². The summed E-state index contributed by atoms with van der Waals surface area (Å²) in [5.74, 6) is 0.0355. The maximum atomic E-state index is 13.1. The van der Waals surface area contributed by atoms with Crippen LogP contribution >= 0.6 is 22.9 Å². The Balaban J connectivity index is 1.64. The highest BCUT2D eigenvalue weighted by molar-refractivity contribution is 7.16. The van der Waals surface area contributed by atoms with Gasteiger partial charge in [0.05, 0.1) is 22.1 Å². The molecule has 0 spiro atoms. The fourth-order valence-corrected chi connectivity index (χ4v) is 4.45. The highest BCUT2D eigenvalue weighted by atomic mass is 35.5. The van der Waals surface area contributed by atoms with Crippen LogP contribution in [0.3, 0.4) is 0 Å². The van der Waals surface area contributed by atoms with E-state index in [0.717, 1.165) is 30.0 Å². The molecule has 26 heavy (non-hydrogen) atoms. The molecule has 0 aliphatic carbocycles. The van der Waals surface area contributed by atoms with Crippen LogP contribution in [0.15, 0.2) is 24.3 Å². The van der Waals surface area contributed by atoms with Gasteiger partial charge in [-0.1, -0.05) is 47.2 Å². The summed E-state index contributed by atoms with van der Waals surface area (Å²) in [6.45, 7) is 7.02. The summed E-state index contributed by atoms with van der Waals surface area (Å²) in [6.07, 6.45) is 0.889. The van der Waals surface area contributed by atoms with Crippen LogP contribution in [0.25, 0.3) is 5.13 Å². The molecule has 0 fully saturated rings. The first-order valence-electron chi connectivity index (χ1n) is 8.51. The van der Waals surface area contributed by atoms with Crippen LogP contribution in [0, 0.1) is 20.8 Å². The number of hydrogen-bond acceptors (Lipinski definition) is 4. The van der Waals surface area contributed by atoms with Gasteiger partial charge in [0.1, 0.15) is 4.88 Å². The Morgan fingerprint density at radius 1 is 1.15 bits per heavy atom. The fourth-order valence-electron chi connectivity index (χ4n) is 3.29. The molecule has 0 unspecified atom stereocenters. The summed E-state index contributed by atoms with van der Waals surface area (Å²) in [4.78, 5) is 20.2. The number of amides is 1. The normalized spacial score (nSPS) is 13.8. The minimum absolute atomic E-state index is 0.0355. The third kappa shape index (κ3) is 2.83. The van der Waals surface area contributed by atoms with Crippen molar-refractivity contribution in [1.29, 1.82) is 0 Å². The average Bonchev–Trinajstić information content (AvgIpc) is 3.15. The smallest absolute Gasteiger partial charge is 0.266 e. The predicted molar refractivity (Wildman–Crippen MR) is 103 cm³/mol. The summed E-state index contributed by atoms with van der Waals surface area (Å²) in [5, 5.41) is 5.76. The second-order valence-corrected chi connectivity index (χ2v) is 7.91. The molecular weight excluding hydrogens is 368 g/mol. The zero-order valence-electron chi connectivity index (χ0n) is 14.9. The van der Waals surface area contributed by atoms with E-state index in [-0.39, 0.29) is 5.91 Å². The summed E-state index contributed by atoms with van der Waals surface area (Å²) >= 11 is 7.62. The largest absolute Gasteiger partial charge is 0.333 e. The van der Waals surface area contributed by atoms with Crippen LogP contribution in [0.2, 0.25) is 5.02 Å². The van der Waals surface area contributed by atoms with Gasteiger partial charge in [0.2, 0.25) is 5.13 Å². The molecular formula is C19H19ClN4OS. The molecule has 0 N–H and O–H groups in total. The first-order chi connectivity index (χ1) is 12.5. The third-order valence-corrected chi connectivity index (χ3v) is 6.45. The van der Waals surface area contributed by atoms with Gasteiger partial charge < -0.3 is 4.90 Å². The Bertz CT molecular complexity index is 1010. The highest BCUT2D eigenvalue weighted by Gasteiger charge is 2.26. The van der Waals surface area contributed by atoms with E-state index in [4.69, 9.17) is 11.6 Å². The van der Waals surface area contributed by atoms with Crippen LogP contribution in [0.4, 0.5) is 0 Å². The van der Waals surface area contributed by atoms with Crippen molar-refractivity contribution in [3.8, 4) is 5.13 Å². The van der Waals surface area contributed by atoms with Crippen molar-refractivity contribution >= 4 is 28.8 Å². The van der Waals surface area contributed by atoms with Gasteiger partial charge in [0, 0.05) is 13.1 Å². The first kappa shape index (κ1) is 17.2. The van der Waals surface area contributed by atoms with E-state index >= 15 is 0 Å². The molecule has 5 nitrogen and oxygen atoms in total. The minimum Gasteiger partial charge on any atom is -0.333 e. The lowest BCUT2D eigenvalue weighted by Crippen LogP contribution is -2.35. The van der Waals surface area contributed by atoms with Gasteiger partial charge in [0.25, 0.3) is 5.91 Å². The maximum Gasteiger partial charge on any atom is 0.266 e. The molecule has 1 amide bonds. The van der Waals surface area contributed by atoms with Gasteiger partial charge in [-0.15, -0.1) is 0 Å². The Labute approximate surface area is 161 Å². The number of carbonyl (C=O) groups excluding carboxylic acids is 1. The fraction of sp³-hybridized carbons (Fsp3) is 0.316. The Hall–Kier alpha value is -2.18. The molecule has 2 aromatic heterocycles. The standard InChI is InChI=1S/C19H19ClN4OS/c1-11-16(20)13(3)24(22-11)19-21-12(2)17(26-19)18(25)23-9-8-14-6-4-5-7-15(14)10-23/h4-7H,8-10H2,1-3H3. The molecule has 4 rings (SSSR count). The Morgan fingerprint density at radius 3 is 2.58 bits per heavy atom. The van der Waals surface area contributed by atoms with Crippen molar-refractivity contribution in [2.45, 2.75) is 33.7 Å². The van der Waals surface area contributed by atoms with Gasteiger partial charge in [-0.3, -0.25) is 4.79 Å². The Morgan fingerprint density at radius 2 is 1.88 bits per heavy atom. The summed E-state index contributed by atoms with van der Waals surface area (Å²) in [6, 6.07) is 8.31. The molecule has 0 radical (unpaired) electrons. The number of benzene rings is 1. The lowest BCUT2D eigenvalue weighted by molar-refractivity contribution is 0.0738. The SMILES string of the molecule is Cc1nc(-n2nc(C)c(Cl)c2C)sc1C(=O)N1CCc2ccccc2C1. The van der Waals surface area contributed by atoms with Crippen LogP contribution in [0.1, 0.15) is 37.9 Å². The van der Waals surface area contributed by atoms with E-state index in [2.05, 4.69) is 28.3 Å². The second kappa shape index (κ2) is 6.52. The van der Waals surface area contributed by atoms with Crippen LogP contribution in [-0.2, 0) is 13.0 Å². The molecule has 0 saturated heterocycles. The number of thiazole rings is 1. The number of aromatic nitrogens is 3. The van der Waals surface area contributed by atoms with Gasteiger partial charge in [-0.05, 0) is 38.3 Å². The predicted octanol–water partition coefficient (Wildman–Crippen LogP) is 4.11. The van der Waals surface area contributed by atoms with Crippen molar-refractivity contribution in [3.05, 3.63) is 62.4 Å². The second-order valence-electron chi connectivity index (χ2n) is 6.55. The molecule has 1 aliphatic rings. The maximum absolute atomic E-state index is 13.1. The molecule has 0 atom stereocenters. The number of fused-ring (bicyclic) bond motifs is 1. The third-order valence-electron chi connectivity index (χ3n) is 4.78. The molecule has 0 saturated carbocycles. The van der Waals surface area contributed by atoms with Crippen molar-refractivity contribution in [2.24, 2.45) is 0 Å². The number of nitrogens with zero attached hydrogens (tertiary/aromatic N) is 4. The van der Waals surface area contributed by atoms with Crippen LogP contribution in [-0.4, -0.2) is 32.1 Å². The van der Waals surface area contributed by atoms with Crippen molar-refractivity contribution in [1.82, 2.24) is 19.7 Å². The van der Waals surface area contributed by atoms with Gasteiger partial charge in [-0.2, -0.15) is 5.10 Å². The van der Waals surface area contributed by atoms with E-state index in [0.29, 0.717) is 21.6 Å². The van der Waals surface area contributed by atoms with Gasteiger partial charge >= 0.3 is 0 Å². The van der Waals surface area contributed by atoms with E-state index in [9.17, 15) is 4.79 Å². The monoisotopic (exact) mass is 386 g/mol. The summed E-state index contributed by atoms with van der Waals surface area (Å²) in [7, 11) is 0. The number of hydrogen-bond donors (Lipinski definition) is 0. The molecule has 134 valence electrons. The van der Waals surface area contributed by atoms with E-state index in [1.807, 2.05) is 31.7 Å². The van der Waals surface area contributed by atoms with Gasteiger partial charge in [0.15, 0.2) is 0 Å². The molecule has 7 heteroatoms. The number of carbonyl (C=O) groups is 1. The summed E-state index contributed by atoms with van der Waals surface area (Å²) in [5.41, 5.74) is 4.88. The van der Waals surface area contributed by atoms with Crippen LogP contribution in [0.5, 0.6) is 0 Å². The zero-order chi connectivity index (χ0) is 18.4. The minimum atomic E-state index is 0.0355. The molecule has 3 heterocycles. The quantitative estimate of drug-likeness (QED) is 0.666. The zero-order valence-corrected chi connectivity index (χ0v) is 16.5. The molecule has 0 bridgehead atoms. The molecule has 3 aromatic rings. The van der Waals surface area contributed by atoms with Crippen molar-refractivity contribution < 1.29 is 4.79 Å². The lowest BCUT2D eigenvalue weighted by atomic mass is 10.00. The number of aryl methyl sites for hydroxylation is 2. The van der Waals surface area contributed by atoms with E-state index in [1.165, 1.54) is 22.5 Å². The van der Waals surface area contributed by atoms with Crippen LogP contribution < -0.4 is 0 Å².